The molecule has 1 aromatic carbocycles. The monoisotopic (exact) mass is 251 g/mol. The van der Waals surface area contributed by atoms with E-state index in [1.165, 1.54) is 11.8 Å². The van der Waals surface area contributed by atoms with E-state index in [1.54, 1.807) is 13.2 Å². The average Bonchev–Trinajstić information content (AvgIpc) is 2.33. The van der Waals surface area contributed by atoms with Crippen LogP contribution in [0.5, 0.6) is 0 Å². The van der Waals surface area contributed by atoms with E-state index in [9.17, 15) is 4.79 Å². The molecule has 0 unspecified atom stereocenters. The highest BCUT2D eigenvalue weighted by molar-refractivity contribution is 8.00. The Kier molecular flexibility index (Phi) is 5.63. The van der Waals surface area contributed by atoms with Gasteiger partial charge in [-0.1, -0.05) is 13.0 Å². The van der Waals surface area contributed by atoms with Crippen molar-refractivity contribution in [1.29, 1.82) is 0 Å². The molecular formula is C13H17NO2S. The number of rotatable bonds is 6. The van der Waals surface area contributed by atoms with E-state index in [0.29, 0.717) is 17.2 Å². The number of carbonyl (C=O) groups excluding carboxylic acids is 1. The second kappa shape index (κ2) is 7.01. The molecule has 1 aromatic rings. The van der Waals surface area contributed by atoms with Gasteiger partial charge in [-0.3, -0.25) is 4.79 Å². The van der Waals surface area contributed by atoms with Crippen LogP contribution in [-0.4, -0.2) is 18.6 Å². The second-order valence-corrected chi connectivity index (χ2v) is 4.54. The fourth-order valence-corrected chi connectivity index (χ4v) is 2.07. The number of anilines is 1. The standard InChI is InChI=1S/C13H17NO2S/c1-3-12(16-2)8-11(15)9-17-13-6-4-5-10(14)7-13/h4-8H,3,9,14H2,1-2H3/b12-8-. The van der Waals surface area contributed by atoms with Gasteiger partial charge < -0.3 is 10.5 Å². The Morgan fingerprint density at radius 2 is 2.29 bits per heavy atom. The maximum absolute atomic E-state index is 11.6. The number of benzene rings is 1. The second-order valence-electron chi connectivity index (χ2n) is 3.50. The predicted molar refractivity (Wildman–Crippen MR) is 72.0 cm³/mol. The van der Waals surface area contributed by atoms with Gasteiger partial charge in [-0.15, -0.1) is 11.8 Å². The number of methoxy groups -OCH3 is 1. The molecule has 0 amide bonds. The minimum absolute atomic E-state index is 0.0520. The molecule has 0 atom stereocenters. The predicted octanol–water partition coefficient (Wildman–Crippen LogP) is 2.87. The highest BCUT2D eigenvalue weighted by Gasteiger charge is 2.02. The van der Waals surface area contributed by atoms with Crippen molar-refractivity contribution in [3.8, 4) is 0 Å². The summed E-state index contributed by atoms with van der Waals surface area (Å²) in [5, 5.41) is 0. The van der Waals surface area contributed by atoms with E-state index in [0.717, 1.165) is 11.3 Å². The van der Waals surface area contributed by atoms with Gasteiger partial charge in [0.05, 0.1) is 18.6 Å². The molecule has 0 aliphatic rings. The molecule has 0 fully saturated rings. The number of ketones is 1. The van der Waals surface area contributed by atoms with E-state index in [-0.39, 0.29) is 5.78 Å². The van der Waals surface area contributed by atoms with Gasteiger partial charge in [-0.25, -0.2) is 0 Å². The molecule has 0 saturated heterocycles. The van der Waals surface area contributed by atoms with Crippen molar-refractivity contribution in [1.82, 2.24) is 0 Å². The van der Waals surface area contributed by atoms with Crippen LogP contribution in [0.25, 0.3) is 0 Å². The lowest BCUT2D eigenvalue weighted by atomic mass is 10.3. The molecular weight excluding hydrogens is 234 g/mol. The summed E-state index contributed by atoms with van der Waals surface area (Å²) in [4.78, 5) is 12.6. The van der Waals surface area contributed by atoms with Crippen LogP contribution in [0.2, 0.25) is 0 Å². The number of allylic oxidation sites excluding steroid dienone is 2. The molecule has 0 bridgehead atoms. The molecule has 4 heteroatoms. The number of ether oxygens (including phenoxy) is 1. The number of thioether (sulfide) groups is 1. The molecule has 92 valence electrons. The van der Waals surface area contributed by atoms with Crippen LogP contribution in [0.3, 0.4) is 0 Å². The maximum atomic E-state index is 11.6. The van der Waals surface area contributed by atoms with Crippen LogP contribution in [0.1, 0.15) is 13.3 Å². The molecule has 3 nitrogen and oxygen atoms in total. The number of hydrogen-bond donors (Lipinski definition) is 1. The molecule has 0 aromatic heterocycles. The van der Waals surface area contributed by atoms with Crippen molar-refractivity contribution in [2.45, 2.75) is 18.2 Å². The molecule has 0 aliphatic carbocycles. The zero-order valence-corrected chi connectivity index (χ0v) is 10.9. The third-order valence-electron chi connectivity index (χ3n) is 2.17. The van der Waals surface area contributed by atoms with Crippen LogP contribution in [0.15, 0.2) is 41.0 Å². The van der Waals surface area contributed by atoms with Gasteiger partial charge in [0.15, 0.2) is 5.78 Å². The molecule has 2 N–H and O–H groups in total. The van der Waals surface area contributed by atoms with E-state index in [2.05, 4.69) is 0 Å². The quantitative estimate of drug-likeness (QED) is 0.365. The maximum Gasteiger partial charge on any atom is 0.169 e. The van der Waals surface area contributed by atoms with Gasteiger partial charge in [-0.05, 0) is 18.2 Å². The van der Waals surface area contributed by atoms with E-state index in [1.807, 2.05) is 31.2 Å². The zero-order chi connectivity index (χ0) is 12.7. The van der Waals surface area contributed by atoms with Crippen molar-refractivity contribution >= 4 is 23.2 Å². The third kappa shape index (κ3) is 4.95. The summed E-state index contributed by atoms with van der Waals surface area (Å²) in [5.74, 6) is 1.16. The smallest absolute Gasteiger partial charge is 0.169 e. The Morgan fingerprint density at radius 3 is 2.88 bits per heavy atom. The Bertz CT molecular complexity index is 410. The van der Waals surface area contributed by atoms with E-state index >= 15 is 0 Å². The molecule has 1 rings (SSSR count). The molecule has 0 spiro atoms. The van der Waals surface area contributed by atoms with Gasteiger partial charge in [0.1, 0.15) is 0 Å². The van der Waals surface area contributed by atoms with Gasteiger partial charge in [-0.2, -0.15) is 0 Å². The Labute approximate surface area is 106 Å². The summed E-state index contributed by atoms with van der Waals surface area (Å²) in [6.07, 6.45) is 2.28. The van der Waals surface area contributed by atoms with Crippen molar-refractivity contribution in [3.05, 3.63) is 36.1 Å². The van der Waals surface area contributed by atoms with Crippen LogP contribution in [-0.2, 0) is 9.53 Å². The Hall–Kier alpha value is -1.42. The van der Waals surface area contributed by atoms with Crippen LogP contribution in [0.4, 0.5) is 5.69 Å². The van der Waals surface area contributed by atoms with Gasteiger partial charge in [0.2, 0.25) is 0 Å². The molecule has 0 radical (unpaired) electrons. The van der Waals surface area contributed by atoms with Crippen LogP contribution < -0.4 is 5.73 Å². The lowest BCUT2D eigenvalue weighted by Crippen LogP contribution is -1.99. The lowest BCUT2D eigenvalue weighted by molar-refractivity contribution is -0.112. The summed E-state index contributed by atoms with van der Waals surface area (Å²) in [6, 6.07) is 7.50. The molecule has 17 heavy (non-hydrogen) atoms. The van der Waals surface area contributed by atoms with E-state index in [4.69, 9.17) is 10.5 Å². The molecule has 0 heterocycles. The summed E-state index contributed by atoms with van der Waals surface area (Å²) in [6.45, 7) is 1.95. The first-order valence-electron chi connectivity index (χ1n) is 5.41. The highest BCUT2D eigenvalue weighted by atomic mass is 32.2. The Morgan fingerprint density at radius 1 is 1.53 bits per heavy atom. The first-order chi connectivity index (χ1) is 8.15. The van der Waals surface area contributed by atoms with Crippen molar-refractivity contribution in [2.75, 3.05) is 18.6 Å². The normalized spacial score (nSPS) is 11.3. The number of hydrogen-bond acceptors (Lipinski definition) is 4. The summed E-state index contributed by atoms with van der Waals surface area (Å²) >= 11 is 1.48. The first-order valence-corrected chi connectivity index (χ1v) is 6.40. The first kappa shape index (κ1) is 13.6. The van der Waals surface area contributed by atoms with Crippen LogP contribution in [0, 0.1) is 0 Å². The van der Waals surface area contributed by atoms with Gasteiger partial charge >= 0.3 is 0 Å². The van der Waals surface area contributed by atoms with Crippen molar-refractivity contribution in [3.63, 3.8) is 0 Å². The fourth-order valence-electron chi connectivity index (χ4n) is 1.29. The largest absolute Gasteiger partial charge is 0.501 e. The third-order valence-corrected chi connectivity index (χ3v) is 3.19. The van der Waals surface area contributed by atoms with E-state index < -0.39 is 0 Å². The summed E-state index contributed by atoms with van der Waals surface area (Å²) in [7, 11) is 1.58. The minimum Gasteiger partial charge on any atom is -0.501 e. The number of nitrogen functional groups attached to an aromatic ring is 1. The van der Waals surface area contributed by atoms with Crippen LogP contribution >= 0.6 is 11.8 Å². The SMILES string of the molecule is CC/C(=C/C(=O)CSc1cccc(N)c1)OC. The number of carbonyl (C=O) groups is 1. The summed E-state index contributed by atoms with van der Waals surface area (Å²) < 4.78 is 5.05. The fraction of sp³-hybridized carbons (Fsp3) is 0.308. The molecule has 0 saturated carbocycles. The topological polar surface area (TPSA) is 52.3 Å². The summed E-state index contributed by atoms with van der Waals surface area (Å²) in [5.41, 5.74) is 6.37. The zero-order valence-electron chi connectivity index (χ0n) is 10.1. The Balaban J connectivity index is 2.51. The van der Waals surface area contributed by atoms with Crippen molar-refractivity contribution < 1.29 is 9.53 Å². The number of nitrogens with two attached hydrogens (primary N) is 1. The minimum atomic E-state index is 0.0520. The molecule has 0 aliphatic heterocycles. The van der Waals surface area contributed by atoms with Gasteiger partial charge in [0, 0.05) is 23.1 Å². The highest BCUT2D eigenvalue weighted by Crippen LogP contribution is 2.20. The van der Waals surface area contributed by atoms with Gasteiger partial charge in [0.25, 0.3) is 0 Å². The lowest BCUT2D eigenvalue weighted by Gasteiger charge is -2.03. The average molecular weight is 251 g/mol. The van der Waals surface area contributed by atoms with Crippen molar-refractivity contribution in [2.24, 2.45) is 0 Å².